The number of rotatable bonds is 5. The minimum absolute atomic E-state index is 0.0224. The van der Waals surface area contributed by atoms with Crippen molar-refractivity contribution in [1.82, 2.24) is 10.2 Å². The van der Waals surface area contributed by atoms with E-state index in [0.717, 1.165) is 56.8 Å². The van der Waals surface area contributed by atoms with Crippen LogP contribution >= 0.6 is 0 Å². The second-order valence-electron chi connectivity index (χ2n) is 7.38. The van der Waals surface area contributed by atoms with E-state index in [0.29, 0.717) is 5.92 Å². The van der Waals surface area contributed by atoms with Crippen LogP contribution < -0.4 is 10.2 Å². The number of aliphatic hydroxyl groups excluding tert-OH is 1. The fraction of sp³-hybridized carbons (Fsp3) is 0.650. The van der Waals surface area contributed by atoms with Gasteiger partial charge in [-0.1, -0.05) is 6.92 Å². The van der Waals surface area contributed by atoms with Gasteiger partial charge in [-0.25, -0.2) is 0 Å². The van der Waals surface area contributed by atoms with Crippen molar-refractivity contribution in [2.45, 2.75) is 38.7 Å². The molecule has 0 aliphatic carbocycles. The van der Waals surface area contributed by atoms with Gasteiger partial charge in [-0.05, 0) is 69.0 Å². The Morgan fingerprint density at radius 2 is 1.88 bits per heavy atom. The summed E-state index contributed by atoms with van der Waals surface area (Å²) in [7, 11) is 0. The van der Waals surface area contributed by atoms with Crippen LogP contribution in [0.15, 0.2) is 24.3 Å². The summed E-state index contributed by atoms with van der Waals surface area (Å²) in [6.45, 7) is 8.10. The quantitative estimate of drug-likeness (QED) is 0.858. The maximum absolute atomic E-state index is 12.4. The second-order valence-corrected chi connectivity index (χ2v) is 7.38. The smallest absolute Gasteiger partial charge is 0.251 e. The van der Waals surface area contributed by atoms with Crippen molar-refractivity contribution in [1.29, 1.82) is 0 Å². The van der Waals surface area contributed by atoms with Gasteiger partial charge in [-0.15, -0.1) is 0 Å². The highest BCUT2D eigenvalue weighted by atomic mass is 16.3. The van der Waals surface area contributed by atoms with Crippen LogP contribution in [-0.4, -0.2) is 61.3 Å². The van der Waals surface area contributed by atoms with E-state index in [1.807, 2.05) is 24.3 Å². The van der Waals surface area contributed by atoms with Gasteiger partial charge >= 0.3 is 0 Å². The molecule has 0 spiro atoms. The molecule has 2 aliphatic heterocycles. The Kier molecular flexibility index (Phi) is 6.32. The molecular weight excluding hydrogens is 314 g/mol. The zero-order chi connectivity index (χ0) is 17.6. The van der Waals surface area contributed by atoms with E-state index >= 15 is 0 Å². The highest BCUT2D eigenvalue weighted by Crippen LogP contribution is 2.21. The molecule has 0 saturated carbocycles. The molecule has 5 nitrogen and oxygen atoms in total. The first-order valence-corrected chi connectivity index (χ1v) is 9.69. The van der Waals surface area contributed by atoms with Crippen molar-refractivity contribution in [2.75, 3.05) is 44.2 Å². The van der Waals surface area contributed by atoms with Crippen LogP contribution in [0.5, 0.6) is 0 Å². The lowest BCUT2D eigenvalue weighted by atomic mass is 9.98. The molecule has 25 heavy (non-hydrogen) atoms. The van der Waals surface area contributed by atoms with Gasteiger partial charge in [0.05, 0.1) is 6.10 Å². The number of piperidine rings is 2. The van der Waals surface area contributed by atoms with Crippen LogP contribution in [0, 0.1) is 5.92 Å². The number of hydrogen-bond donors (Lipinski definition) is 2. The van der Waals surface area contributed by atoms with E-state index < -0.39 is 0 Å². The molecule has 1 atom stereocenters. The van der Waals surface area contributed by atoms with E-state index in [1.165, 1.54) is 19.4 Å². The average Bonchev–Trinajstić information content (AvgIpc) is 2.67. The third kappa shape index (κ3) is 4.95. The molecule has 0 bridgehead atoms. The molecule has 138 valence electrons. The number of carbonyl (C=O) groups excluding carboxylic acids is 1. The minimum Gasteiger partial charge on any atom is -0.393 e. The van der Waals surface area contributed by atoms with E-state index in [4.69, 9.17) is 0 Å². The first kappa shape index (κ1) is 18.2. The van der Waals surface area contributed by atoms with Crippen molar-refractivity contribution >= 4 is 11.6 Å². The standard InChI is InChI=1S/C20H31N3O2/c1-2-22-11-3-4-16(15-22)14-21-20(25)17-5-7-18(8-6-17)23-12-9-19(24)10-13-23/h5-8,16,19,24H,2-4,9-15H2,1H3,(H,21,25). The molecule has 0 aromatic heterocycles. The summed E-state index contributed by atoms with van der Waals surface area (Å²) >= 11 is 0. The lowest BCUT2D eigenvalue weighted by molar-refractivity contribution is 0.0933. The van der Waals surface area contributed by atoms with Crippen molar-refractivity contribution in [2.24, 2.45) is 5.92 Å². The molecule has 1 amide bonds. The van der Waals surface area contributed by atoms with E-state index in [9.17, 15) is 9.90 Å². The number of nitrogens with zero attached hydrogens (tertiary/aromatic N) is 2. The first-order valence-electron chi connectivity index (χ1n) is 9.69. The number of carbonyl (C=O) groups is 1. The number of likely N-dealkylation sites (tertiary alicyclic amines) is 1. The van der Waals surface area contributed by atoms with Gasteiger partial charge in [0.15, 0.2) is 0 Å². The fourth-order valence-corrected chi connectivity index (χ4v) is 3.89. The van der Waals surface area contributed by atoms with Crippen molar-refractivity contribution in [3.05, 3.63) is 29.8 Å². The van der Waals surface area contributed by atoms with Crippen LogP contribution in [0.1, 0.15) is 43.0 Å². The molecule has 2 aliphatic rings. The molecule has 2 saturated heterocycles. The van der Waals surface area contributed by atoms with Crippen LogP contribution in [0.4, 0.5) is 5.69 Å². The Morgan fingerprint density at radius 1 is 1.16 bits per heavy atom. The monoisotopic (exact) mass is 345 g/mol. The number of aliphatic hydroxyl groups is 1. The summed E-state index contributed by atoms with van der Waals surface area (Å²) in [5.74, 6) is 0.589. The van der Waals surface area contributed by atoms with Crippen LogP contribution in [0.3, 0.4) is 0 Å². The molecule has 0 radical (unpaired) electrons. The summed E-state index contributed by atoms with van der Waals surface area (Å²) in [4.78, 5) is 17.1. The second kappa shape index (κ2) is 8.68. The van der Waals surface area contributed by atoms with Gasteiger partial charge in [0.25, 0.3) is 5.91 Å². The van der Waals surface area contributed by atoms with Gasteiger partial charge in [0.1, 0.15) is 0 Å². The van der Waals surface area contributed by atoms with Gasteiger partial charge in [-0.3, -0.25) is 4.79 Å². The Labute approximate surface area is 151 Å². The Morgan fingerprint density at radius 3 is 2.56 bits per heavy atom. The van der Waals surface area contributed by atoms with E-state index in [-0.39, 0.29) is 12.0 Å². The van der Waals surface area contributed by atoms with E-state index in [2.05, 4.69) is 22.0 Å². The Hall–Kier alpha value is -1.59. The van der Waals surface area contributed by atoms with Crippen LogP contribution in [0.25, 0.3) is 0 Å². The highest BCUT2D eigenvalue weighted by molar-refractivity contribution is 5.94. The third-order valence-corrected chi connectivity index (χ3v) is 5.56. The summed E-state index contributed by atoms with van der Waals surface area (Å²) in [6.07, 6.45) is 3.91. The molecular formula is C20H31N3O2. The lowest BCUT2D eigenvalue weighted by Gasteiger charge is -2.32. The minimum atomic E-state index is -0.162. The number of anilines is 1. The lowest BCUT2D eigenvalue weighted by Crippen LogP contribution is -2.40. The fourth-order valence-electron chi connectivity index (χ4n) is 3.89. The maximum atomic E-state index is 12.4. The molecule has 1 unspecified atom stereocenters. The topological polar surface area (TPSA) is 55.8 Å². The predicted molar refractivity (Wildman–Crippen MR) is 101 cm³/mol. The van der Waals surface area contributed by atoms with Gasteiger partial charge in [0.2, 0.25) is 0 Å². The third-order valence-electron chi connectivity index (χ3n) is 5.56. The summed E-state index contributed by atoms with van der Waals surface area (Å²) in [5.41, 5.74) is 1.86. The largest absolute Gasteiger partial charge is 0.393 e. The van der Waals surface area contributed by atoms with Crippen LogP contribution in [0.2, 0.25) is 0 Å². The average molecular weight is 345 g/mol. The molecule has 1 aromatic carbocycles. The zero-order valence-electron chi connectivity index (χ0n) is 15.3. The number of benzene rings is 1. The first-order chi connectivity index (χ1) is 12.2. The highest BCUT2D eigenvalue weighted by Gasteiger charge is 2.20. The van der Waals surface area contributed by atoms with Gasteiger partial charge < -0.3 is 20.2 Å². The van der Waals surface area contributed by atoms with Gasteiger partial charge in [-0.2, -0.15) is 0 Å². The van der Waals surface area contributed by atoms with Crippen LogP contribution in [-0.2, 0) is 0 Å². The molecule has 3 rings (SSSR count). The molecule has 2 N–H and O–H groups in total. The molecule has 1 aromatic rings. The van der Waals surface area contributed by atoms with Crippen molar-refractivity contribution < 1.29 is 9.90 Å². The molecule has 2 heterocycles. The van der Waals surface area contributed by atoms with Crippen molar-refractivity contribution in [3.8, 4) is 0 Å². The summed E-state index contributed by atoms with van der Waals surface area (Å²) < 4.78 is 0. The van der Waals surface area contributed by atoms with E-state index in [1.54, 1.807) is 0 Å². The number of nitrogens with one attached hydrogen (secondary N) is 1. The Balaban J connectivity index is 1.49. The number of amides is 1. The zero-order valence-corrected chi connectivity index (χ0v) is 15.3. The normalized spacial score (nSPS) is 22.8. The molecule has 2 fully saturated rings. The summed E-state index contributed by atoms with van der Waals surface area (Å²) in [6, 6.07) is 7.86. The number of hydrogen-bond acceptors (Lipinski definition) is 4. The van der Waals surface area contributed by atoms with Gasteiger partial charge in [0, 0.05) is 37.4 Å². The summed E-state index contributed by atoms with van der Waals surface area (Å²) in [5, 5.41) is 12.7. The molecule has 5 heteroatoms. The maximum Gasteiger partial charge on any atom is 0.251 e. The Bertz CT molecular complexity index is 553. The van der Waals surface area contributed by atoms with Crippen molar-refractivity contribution in [3.63, 3.8) is 0 Å². The SMILES string of the molecule is CCN1CCCC(CNC(=O)c2ccc(N3CCC(O)CC3)cc2)C1. The predicted octanol–water partition coefficient (Wildman–Crippen LogP) is 2.11.